The second kappa shape index (κ2) is 6.07. The fourth-order valence-corrected chi connectivity index (χ4v) is 2.41. The summed E-state index contributed by atoms with van der Waals surface area (Å²) >= 11 is 5.71. The fraction of sp³-hybridized carbons (Fsp3) is 0.0714. The van der Waals surface area contributed by atoms with Crippen LogP contribution in [0.4, 0.5) is 0 Å². The Bertz CT molecular complexity index is 708. The number of aryl methyl sites for hydroxylation is 1. The largest absolute Gasteiger partial charge is 0.276 e. The van der Waals surface area contributed by atoms with Gasteiger partial charge in [0.25, 0.3) is 10.0 Å². The van der Waals surface area contributed by atoms with Crippen LogP contribution < -0.4 is 4.83 Å². The maximum Gasteiger partial charge on any atom is 0.276 e. The molecule has 2 aromatic carbocycles. The summed E-state index contributed by atoms with van der Waals surface area (Å²) in [5.74, 6) is 0. The molecule has 0 heterocycles. The molecule has 0 bridgehead atoms. The first kappa shape index (κ1) is 14.6. The number of halogens is 1. The summed E-state index contributed by atoms with van der Waals surface area (Å²) in [4.78, 5) is 2.27. The Balaban J connectivity index is 2.09. The monoisotopic (exact) mass is 308 g/mol. The molecule has 0 unspecified atom stereocenters. The third-order valence-electron chi connectivity index (χ3n) is 2.59. The summed E-state index contributed by atoms with van der Waals surface area (Å²) in [6.45, 7) is 1.98. The molecule has 0 aliphatic heterocycles. The van der Waals surface area contributed by atoms with Crippen molar-refractivity contribution in [1.82, 2.24) is 4.83 Å². The van der Waals surface area contributed by atoms with Crippen LogP contribution in [0.3, 0.4) is 0 Å². The van der Waals surface area contributed by atoms with E-state index in [9.17, 15) is 8.42 Å². The zero-order valence-corrected chi connectivity index (χ0v) is 12.3. The Morgan fingerprint density at radius 3 is 2.25 bits per heavy atom. The van der Waals surface area contributed by atoms with Gasteiger partial charge in [0.05, 0.1) is 11.1 Å². The van der Waals surface area contributed by atoms with E-state index in [1.54, 1.807) is 0 Å². The topological polar surface area (TPSA) is 58.5 Å². The van der Waals surface area contributed by atoms with E-state index in [1.807, 2.05) is 31.2 Å². The molecule has 0 aliphatic rings. The van der Waals surface area contributed by atoms with Crippen molar-refractivity contribution in [2.24, 2.45) is 5.10 Å². The first-order valence-electron chi connectivity index (χ1n) is 5.84. The summed E-state index contributed by atoms with van der Waals surface area (Å²) in [7, 11) is -3.66. The Hall–Kier alpha value is -1.85. The lowest BCUT2D eigenvalue weighted by Gasteiger charge is -2.03. The average Bonchev–Trinajstić information content (AvgIpc) is 2.41. The molecular formula is C14H13ClN2O2S. The predicted molar refractivity (Wildman–Crippen MR) is 80.5 cm³/mol. The predicted octanol–water partition coefficient (Wildman–Crippen LogP) is 2.96. The van der Waals surface area contributed by atoms with E-state index in [2.05, 4.69) is 9.93 Å². The molecule has 4 nitrogen and oxygen atoms in total. The van der Waals surface area contributed by atoms with Gasteiger partial charge in [-0.1, -0.05) is 41.4 Å². The van der Waals surface area contributed by atoms with Gasteiger partial charge in [-0.05, 0) is 36.8 Å². The number of hydrazone groups is 1. The van der Waals surface area contributed by atoms with Crippen LogP contribution in [0.1, 0.15) is 11.1 Å². The van der Waals surface area contributed by atoms with E-state index in [0.717, 1.165) is 11.1 Å². The van der Waals surface area contributed by atoms with E-state index in [4.69, 9.17) is 11.6 Å². The van der Waals surface area contributed by atoms with E-state index in [1.165, 1.54) is 30.5 Å². The molecule has 2 rings (SSSR count). The smallest absolute Gasteiger partial charge is 0.200 e. The number of sulfonamides is 1. The molecule has 0 spiro atoms. The van der Waals surface area contributed by atoms with Crippen LogP contribution in [0.2, 0.25) is 5.02 Å². The number of hydrogen-bond acceptors (Lipinski definition) is 3. The van der Waals surface area contributed by atoms with Gasteiger partial charge < -0.3 is 0 Å². The van der Waals surface area contributed by atoms with Crippen molar-refractivity contribution in [3.8, 4) is 0 Å². The van der Waals surface area contributed by atoms with Gasteiger partial charge in [-0.2, -0.15) is 13.5 Å². The molecule has 104 valence electrons. The van der Waals surface area contributed by atoms with Crippen LogP contribution in [0, 0.1) is 6.92 Å². The number of benzene rings is 2. The highest BCUT2D eigenvalue weighted by atomic mass is 35.5. The molecule has 0 fully saturated rings. The third-order valence-corrected chi connectivity index (χ3v) is 4.08. The SMILES string of the molecule is Cc1ccc(/C=N/NS(=O)(=O)c2ccc(Cl)cc2)cc1. The number of nitrogens with zero attached hydrogens (tertiary/aromatic N) is 1. The first-order chi connectivity index (χ1) is 9.47. The van der Waals surface area contributed by atoms with Crippen molar-refractivity contribution in [3.63, 3.8) is 0 Å². The molecule has 20 heavy (non-hydrogen) atoms. The van der Waals surface area contributed by atoms with Crippen LogP contribution in [-0.4, -0.2) is 14.6 Å². The summed E-state index contributed by atoms with van der Waals surface area (Å²) in [5.41, 5.74) is 1.94. The fourth-order valence-electron chi connectivity index (χ4n) is 1.49. The Labute approximate surface area is 123 Å². The molecule has 0 saturated heterocycles. The van der Waals surface area contributed by atoms with Crippen LogP contribution in [0.25, 0.3) is 0 Å². The summed E-state index contributed by atoms with van der Waals surface area (Å²) < 4.78 is 23.8. The molecule has 1 N–H and O–H groups in total. The second-order valence-electron chi connectivity index (χ2n) is 4.22. The first-order valence-corrected chi connectivity index (χ1v) is 7.70. The summed E-state index contributed by atoms with van der Waals surface area (Å²) in [6.07, 6.45) is 1.45. The molecule has 0 amide bonds. The highest BCUT2D eigenvalue weighted by Gasteiger charge is 2.11. The Morgan fingerprint density at radius 1 is 1.05 bits per heavy atom. The maximum atomic E-state index is 11.9. The van der Waals surface area contributed by atoms with Crippen molar-refractivity contribution < 1.29 is 8.42 Å². The van der Waals surface area contributed by atoms with Gasteiger partial charge >= 0.3 is 0 Å². The van der Waals surface area contributed by atoms with Gasteiger partial charge in [-0.3, -0.25) is 0 Å². The zero-order chi connectivity index (χ0) is 14.6. The average molecular weight is 309 g/mol. The molecule has 0 saturated carbocycles. The van der Waals surface area contributed by atoms with Gasteiger partial charge in [0.2, 0.25) is 0 Å². The molecule has 0 radical (unpaired) electrons. The van der Waals surface area contributed by atoms with E-state index < -0.39 is 10.0 Å². The molecule has 0 aromatic heterocycles. The van der Waals surface area contributed by atoms with Crippen LogP contribution in [0.5, 0.6) is 0 Å². The molecule has 6 heteroatoms. The minimum atomic E-state index is -3.66. The quantitative estimate of drug-likeness (QED) is 0.697. The Morgan fingerprint density at radius 2 is 1.65 bits per heavy atom. The normalized spacial score (nSPS) is 11.7. The lowest BCUT2D eigenvalue weighted by Crippen LogP contribution is -2.18. The third kappa shape index (κ3) is 3.82. The van der Waals surface area contributed by atoms with Gasteiger partial charge in [-0.25, -0.2) is 4.83 Å². The van der Waals surface area contributed by atoms with Crippen molar-refractivity contribution in [3.05, 3.63) is 64.7 Å². The maximum absolute atomic E-state index is 11.9. The standard InChI is InChI=1S/C14H13ClN2O2S/c1-11-2-4-12(5-3-11)10-16-17-20(18,19)14-8-6-13(15)7-9-14/h2-10,17H,1H3/b16-10+. The van der Waals surface area contributed by atoms with Gasteiger partial charge in [0.1, 0.15) is 0 Å². The summed E-state index contributed by atoms with van der Waals surface area (Å²) in [5, 5.41) is 4.22. The number of rotatable bonds is 4. The zero-order valence-electron chi connectivity index (χ0n) is 10.7. The van der Waals surface area contributed by atoms with E-state index in [0.29, 0.717) is 5.02 Å². The molecule has 2 aromatic rings. The number of nitrogens with one attached hydrogen (secondary N) is 1. The second-order valence-corrected chi connectivity index (χ2v) is 6.31. The van der Waals surface area contributed by atoms with Gasteiger partial charge in [0.15, 0.2) is 0 Å². The van der Waals surface area contributed by atoms with Crippen molar-refractivity contribution in [1.29, 1.82) is 0 Å². The summed E-state index contributed by atoms with van der Waals surface area (Å²) in [6, 6.07) is 13.4. The molecular weight excluding hydrogens is 296 g/mol. The highest BCUT2D eigenvalue weighted by molar-refractivity contribution is 7.89. The van der Waals surface area contributed by atoms with Crippen molar-refractivity contribution >= 4 is 27.8 Å². The van der Waals surface area contributed by atoms with E-state index in [-0.39, 0.29) is 4.90 Å². The Kier molecular flexibility index (Phi) is 4.42. The van der Waals surface area contributed by atoms with Crippen molar-refractivity contribution in [2.45, 2.75) is 11.8 Å². The highest BCUT2D eigenvalue weighted by Crippen LogP contribution is 2.13. The van der Waals surface area contributed by atoms with Crippen LogP contribution in [0.15, 0.2) is 58.5 Å². The van der Waals surface area contributed by atoms with Gasteiger partial charge in [-0.15, -0.1) is 0 Å². The van der Waals surface area contributed by atoms with Crippen LogP contribution >= 0.6 is 11.6 Å². The lowest BCUT2D eigenvalue weighted by molar-refractivity contribution is 0.584. The van der Waals surface area contributed by atoms with Gasteiger partial charge in [0, 0.05) is 5.02 Å². The van der Waals surface area contributed by atoms with Crippen molar-refractivity contribution in [2.75, 3.05) is 0 Å². The lowest BCUT2D eigenvalue weighted by atomic mass is 10.2. The minimum absolute atomic E-state index is 0.114. The molecule has 0 atom stereocenters. The van der Waals surface area contributed by atoms with E-state index >= 15 is 0 Å². The number of hydrogen-bond donors (Lipinski definition) is 1. The van der Waals surface area contributed by atoms with Crippen LogP contribution in [-0.2, 0) is 10.0 Å². The minimum Gasteiger partial charge on any atom is -0.200 e. The molecule has 0 aliphatic carbocycles.